The van der Waals surface area contributed by atoms with Crippen molar-refractivity contribution in [3.05, 3.63) is 60.7 Å². The van der Waals surface area contributed by atoms with Crippen LogP contribution in [-0.4, -0.2) is 19.7 Å². The lowest BCUT2D eigenvalue weighted by atomic mass is 9.94. The third kappa shape index (κ3) is 2.05. The summed E-state index contributed by atoms with van der Waals surface area (Å²) in [5.41, 5.74) is 2.96. The van der Waals surface area contributed by atoms with Crippen molar-refractivity contribution in [2.24, 2.45) is 0 Å². The highest BCUT2D eigenvalue weighted by Crippen LogP contribution is 2.26. The van der Waals surface area contributed by atoms with E-state index in [-0.39, 0.29) is 5.54 Å². The predicted octanol–water partition coefficient (Wildman–Crippen LogP) is 3.06. The minimum Gasteiger partial charge on any atom is -0.327 e. The Morgan fingerprint density at radius 3 is 2.58 bits per heavy atom. The van der Waals surface area contributed by atoms with E-state index in [1.165, 1.54) is 5.56 Å². The van der Waals surface area contributed by atoms with Gasteiger partial charge in [0.1, 0.15) is 5.69 Å². The van der Waals surface area contributed by atoms with Crippen LogP contribution in [0.25, 0.3) is 11.4 Å². The lowest BCUT2D eigenvalue weighted by Gasteiger charge is -2.27. The summed E-state index contributed by atoms with van der Waals surface area (Å²) in [7, 11) is 0. The summed E-state index contributed by atoms with van der Waals surface area (Å²) in [5, 5.41) is 6.89. The second kappa shape index (κ2) is 4.39. The van der Waals surface area contributed by atoms with Gasteiger partial charge in [-0.3, -0.25) is 5.10 Å². The Morgan fingerprint density at radius 2 is 1.89 bits per heavy atom. The van der Waals surface area contributed by atoms with Gasteiger partial charge >= 0.3 is 0 Å². The molecule has 1 N–H and O–H groups in total. The highest BCUT2D eigenvalue weighted by atomic mass is 15.1. The molecule has 0 fully saturated rings. The largest absolute Gasteiger partial charge is 0.327 e. The molecule has 0 spiro atoms. The molecule has 2 heterocycles. The molecule has 0 unspecified atom stereocenters. The summed E-state index contributed by atoms with van der Waals surface area (Å²) in [6.07, 6.45) is 5.64. The number of hydrogen-bond donors (Lipinski definition) is 1. The Hall–Kier alpha value is -2.36. The number of H-pyrrole nitrogens is 1. The molecule has 2 aromatic heterocycles. The molecule has 0 radical (unpaired) electrons. The summed E-state index contributed by atoms with van der Waals surface area (Å²) < 4.78 is 2.12. The summed E-state index contributed by atoms with van der Waals surface area (Å²) in [6, 6.07) is 12.3. The topological polar surface area (TPSA) is 46.5 Å². The Labute approximate surface area is 112 Å². The molecular formula is C15H16N4. The zero-order valence-corrected chi connectivity index (χ0v) is 11.0. The van der Waals surface area contributed by atoms with E-state index < -0.39 is 0 Å². The summed E-state index contributed by atoms with van der Waals surface area (Å²) in [5.74, 6) is 0. The quantitative estimate of drug-likeness (QED) is 0.778. The summed E-state index contributed by atoms with van der Waals surface area (Å²) in [6.45, 7) is 4.36. The van der Waals surface area contributed by atoms with Gasteiger partial charge in [-0.15, -0.1) is 0 Å². The van der Waals surface area contributed by atoms with E-state index in [1.807, 2.05) is 24.7 Å². The molecule has 3 aromatic rings. The fourth-order valence-electron chi connectivity index (χ4n) is 2.16. The minimum absolute atomic E-state index is 0.132. The smallest absolute Gasteiger partial charge is 0.106 e. The van der Waals surface area contributed by atoms with Crippen LogP contribution in [0.2, 0.25) is 0 Å². The molecule has 0 saturated carbocycles. The first kappa shape index (κ1) is 11.7. The molecule has 0 saturated heterocycles. The first-order valence-corrected chi connectivity index (χ1v) is 6.27. The molecule has 0 atom stereocenters. The van der Waals surface area contributed by atoms with Crippen LogP contribution in [0.4, 0.5) is 0 Å². The van der Waals surface area contributed by atoms with Crippen molar-refractivity contribution >= 4 is 0 Å². The van der Waals surface area contributed by atoms with E-state index in [1.54, 1.807) is 6.20 Å². The Bertz CT molecular complexity index is 651. The first-order chi connectivity index (χ1) is 9.18. The number of hydrogen-bond acceptors (Lipinski definition) is 2. The lowest BCUT2D eigenvalue weighted by Crippen LogP contribution is -2.26. The van der Waals surface area contributed by atoms with Crippen molar-refractivity contribution in [3.63, 3.8) is 0 Å². The molecule has 3 rings (SSSR count). The monoisotopic (exact) mass is 252 g/mol. The van der Waals surface area contributed by atoms with Crippen LogP contribution in [-0.2, 0) is 5.54 Å². The van der Waals surface area contributed by atoms with Gasteiger partial charge in [0.2, 0.25) is 0 Å². The van der Waals surface area contributed by atoms with Gasteiger partial charge < -0.3 is 4.57 Å². The standard InChI is InChI=1S/C15H16N4/c1-15(2,12-6-4-3-5-7-12)19-10-14(16-11-19)13-8-9-17-18-13/h3-11H,1-2H3,(H,17,18). The van der Waals surface area contributed by atoms with Crippen molar-refractivity contribution in [1.82, 2.24) is 19.7 Å². The maximum Gasteiger partial charge on any atom is 0.106 e. The molecule has 4 nitrogen and oxygen atoms in total. The van der Waals surface area contributed by atoms with Crippen LogP contribution in [0.1, 0.15) is 19.4 Å². The molecule has 19 heavy (non-hydrogen) atoms. The van der Waals surface area contributed by atoms with Gasteiger partial charge in [-0.2, -0.15) is 5.10 Å². The van der Waals surface area contributed by atoms with Crippen molar-refractivity contribution in [3.8, 4) is 11.4 Å². The number of benzene rings is 1. The Morgan fingerprint density at radius 1 is 1.11 bits per heavy atom. The zero-order chi connectivity index (χ0) is 13.3. The van der Waals surface area contributed by atoms with Gasteiger partial charge in [-0.25, -0.2) is 4.98 Å². The molecule has 1 aromatic carbocycles. The zero-order valence-electron chi connectivity index (χ0n) is 11.0. The molecule has 0 amide bonds. The third-order valence-electron chi connectivity index (χ3n) is 3.49. The SMILES string of the molecule is CC(C)(c1ccccc1)n1cnc(-c2ccn[nH]2)c1. The van der Waals surface area contributed by atoms with Gasteiger partial charge in [0.05, 0.1) is 17.6 Å². The van der Waals surface area contributed by atoms with Crippen LogP contribution >= 0.6 is 0 Å². The maximum atomic E-state index is 4.44. The molecule has 0 aliphatic heterocycles. The van der Waals surface area contributed by atoms with E-state index in [9.17, 15) is 0 Å². The van der Waals surface area contributed by atoms with E-state index in [2.05, 4.69) is 57.9 Å². The number of nitrogens with zero attached hydrogens (tertiary/aromatic N) is 3. The number of aromatic amines is 1. The number of imidazole rings is 1. The average Bonchev–Trinajstić information content (AvgIpc) is 3.10. The van der Waals surface area contributed by atoms with E-state index >= 15 is 0 Å². The Balaban J connectivity index is 1.99. The van der Waals surface area contributed by atoms with Crippen LogP contribution in [0.15, 0.2) is 55.1 Å². The van der Waals surface area contributed by atoms with Crippen molar-refractivity contribution in [2.75, 3.05) is 0 Å². The number of rotatable bonds is 3. The van der Waals surface area contributed by atoms with E-state index in [0.717, 1.165) is 11.4 Å². The maximum absolute atomic E-state index is 4.44. The summed E-state index contributed by atoms with van der Waals surface area (Å²) in [4.78, 5) is 4.44. The third-order valence-corrected chi connectivity index (χ3v) is 3.49. The molecule has 0 aliphatic carbocycles. The molecule has 0 aliphatic rings. The Kier molecular flexibility index (Phi) is 2.71. The van der Waals surface area contributed by atoms with Crippen molar-refractivity contribution < 1.29 is 0 Å². The number of nitrogens with one attached hydrogen (secondary N) is 1. The summed E-state index contributed by atoms with van der Waals surface area (Å²) >= 11 is 0. The van der Waals surface area contributed by atoms with Gasteiger partial charge in [-0.1, -0.05) is 30.3 Å². The highest BCUT2D eigenvalue weighted by Gasteiger charge is 2.22. The van der Waals surface area contributed by atoms with Gasteiger partial charge in [-0.05, 0) is 25.5 Å². The van der Waals surface area contributed by atoms with Crippen LogP contribution in [0.3, 0.4) is 0 Å². The van der Waals surface area contributed by atoms with Crippen molar-refractivity contribution in [2.45, 2.75) is 19.4 Å². The fourth-order valence-corrected chi connectivity index (χ4v) is 2.16. The van der Waals surface area contributed by atoms with Crippen LogP contribution in [0, 0.1) is 0 Å². The van der Waals surface area contributed by atoms with Crippen LogP contribution < -0.4 is 0 Å². The normalized spacial score (nSPS) is 11.7. The second-order valence-electron chi connectivity index (χ2n) is 5.06. The molecule has 0 bridgehead atoms. The van der Waals surface area contributed by atoms with Gasteiger partial charge in [0.25, 0.3) is 0 Å². The predicted molar refractivity (Wildman–Crippen MR) is 74.7 cm³/mol. The number of aromatic nitrogens is 4. The van der Waals surface area contributed by atoms with Gasteiger partial charge in [0, 0.05) is 12.4 Å². The first-order valence-electron chi connectivity index (χ1n) is 6.27. The van der Waals surface area contributed by atoms with Crippen LogP contribution in [0.5, 0.6) is 0 Å². The van der Waals surface area contributed by atoms with E-state index in [0.29, 0.717) is 0 Å². The molecule has 4 heteroatoms. The molecular weight excluding hydrogens is 236 g/mol. The highest BCUT2D eigenvalue weighted by molar-refractivity contribution is 5.52. The van der Waals surface area contributed by atoms with Gasteiger partial charge in [0.15, 0.2) is 0 Å². The average molecular weight is 252 g/mol. The van der Waals surface area contributed by atoms with E-state index in [4.69, 9.17) is 0 Å². The fraction of sp³-hybridized carbons (Fsp3) is 0.200. The molecule has 96 valence electrons. The lowest BCUT2D eigenvalue weighted by molar-refractivity contribution is 0.435. The minimum atomic E-state index is -0.132. The second-order valence-corrected chi connectivity index (χ2v) is 5.06. The van der Waals surface area contributed by atoms with Crippen molar-refractivity contribution in [1.29, 1.82) is 0 Å².